The van der Waals surface area contributed by atoms with E-state index in [4.69, 9.17) is 4.74 Å². The Morgan fingerprint density at radius 3 is 2.48 bits per heavy atom. The van der Waals surface area contributed by atoms with Gasteiger partial charge in [0, 0.05) is 30.1 Å². The van der Waals surface area contributed by atoms with E-state index in [1.54, 1.807) is 6.20 Å². The average Bonchev–Trinajstić information content (AvgIpc) is 3.59. The van der Waals surface area contributed by atoms with Gasteiger partial charge in [-0.25, -0.2) is 9.59 Å². The van der Waals surface area contributed by atoms with E-state index in [1.807, 2.05) is 68.4 Å². The summed E-state index contributed by atoms with van der Waals surface area (Å²) in [5.41, 5.74) is 2.48. The highest BCUT2D eigenvalue weighted by Gasteiger charge is 2.37. The molecule has 3 aromatic rings. The number of amides is 3. The number of aromatic amines is 1. The number of likely N-dealkylation sites (tertiary alicyclic amines) is 1. The van der Waals surface area contributed by atoms with Crippen LogP contribution < -0.4 is 10.6 Å². The SMILES string of the molecule is CC(C)C[C@H](NC(=O)[C@@H]1CCCN1C(=O)OCc1ccccc1)C(=O)N[C@@H](Cc1c[nH]c2ccccc12)C(=O)O. The number of fused-ring (bicyclic) bond motifs is 1. The normalized spacial score (nSPS) is 16.5. The Labute approximate surface area is 233 Å². The molecule has 0 spiro atoms. The van der Waals surface area contributed by atoms with Crippen molar-refractivity contribution in [1.29, 1.82) is 0 Å². The van der Waals surface area contributed by atoms with Crippen molar-refractivity contribution in [3.05, 3.63) is 71.9 Å². The molecule has 1 fully saturated rings. The third-order valence-corrected chi connectivity index (χ3v) is 7.05. The Morgan fingerprint density at radius 2 is 1.75 bits per heavy atom. The third-order valence-electron chi connectivity index (χ3n) is 7.05. The molecular formula is C30H36N4O6. The fourth-order valence-electron chi connectivity index (χ4n) is 5.02. The maximum absolute atomic E-state index is 13.3. The predicted molar refractivity (Wildman–Crippen MR) is 149 cm³/mol. The van der Waals surface area contributed by atoms with E-state index in [9.17, 15) is 24.3 Å². The lowest BCUT2D eigenvalue weighted by atomic mass is 10.0. The van der Waals surface area contributed by atoms with Crippen LogP contribution in [0.5, 0.6) is 0 Å². The summed E-state index contributed by atoms with van der Waals surface area (Å²) < 4.78 is 5.43. The minimum absolute atomic E-state index is 0.0449. The van der Waals surface area contributed by atoms with Gasteiger partial charge in [0.25, 0.3) is 0 Å². The Morgan fingerprint density at radius 1 is 1.02 bits per heavy atom. The van der Waals surface area contributed by atoms with Crippen LogP contribution >= 0.6 is 0 Å². The van der Waals surface area contributed by atoms with Crippen LogP contribution in [-0.2, 0) is 32.1 Å². The first kappa shape index (κ1) is 28.7. The van der Waals surface area contributed by atoms with Gasteiger partial charge in [0.15, 0.2) is 0 Å². The Balaban J connectivity index is 1.40. The van der Waals surface area contributed by atoms with Crippen LogP contribution in [0.2, 0.25) is 0 Å². The van der Waals surface area contributed by atoms with Gasteiger partial charge in [-0.1, -0.05) is 62.4 Å². The van der Waals surface area contributed by atoms with E-state index >= 15 is 0 Å². The second-order valence-electron chi connectivity index (χ2n) is 10.5. The number of ether oxygens (including phenoxy) is 1. The summed E-state index contributed by atoms with van der Waals surface area (Å²) >= 11 is 0. The monoisotopic (exact) mass is 548 g/mol. The van der Waals surface area contributed by atoms with Crippen molar-refractivity contribution in [1.82, 2.24) is 20.5 Å². The van der Waals surface area contributed by atoms with Crippen LogP contribution in [0, 0.1) is 5.92 Å². The minimum atomic E-state index is -1.19. The summed E-state index contributed by atoms with van der Waals surface area (Å²) in [5.74, 6) is -2.16. The number of carboxylic acid groups (broad SMARTS) is 1. The molecule has 1 aliphatic rings. The number of rotatable bonds is 11. The molecule has 1 saturated heterocycles. The van der Waals surface area contributed by atoms with Gasteiger partial charge in [0.2, 0.25) is 11.8 Å². The van der Waals surface area contributed by atoms with Gasteiger partial charge >= 0.3 is 12.1 Å². The number of para-hydroxylation sites is 1. The Kier molecular flexibility index (Phi) is 9.42. The van der Waals surface area contributed by atoms with Crippen LogP contribution in [0.15, 0.2) is 60.8 Å². The summed E-state index contributed by atoms with van der Waals surface area (Å²) in [6, 6.07) is 13.9. The molecule has 4 N–H and O–H groups in total. The maximum Gasteiger partial charge on any atom is 0.410 e. The van der Waals surface area contributed by atoms with Crippen LogP contribution in [0.1, 0.15) is 44.2 Å². The number of H-pyrrole nitrogens is 1. The number of aromatic nitrogens is 1. The van der Waals surface area contributed by atoms with Crippen molar-refractivity contribution >= 4 is 34.8 Å². The smallest absolute Gasteiger partial charge is 0.410 e. The molecule has 212 valence electrons. The van der Waals surface area contributed by atoms with Gasteiger partial charge < -0.3 is 25.5 Å². The molecule has 0 bridgehead atoms. The fourth-order valence-corrected chi connectivity index (χ4v) is 5.02. The highest BCUT2D eigenvalue weighted by molar-refractivity contribution is 5.93. The molecule has 0 unspecified atom stereocenters. The zero-order valence-electron chi connectivity index (χ0n) is 22.8. The van der Waals surface area contributed by atoms with E-state index in [2.05, 4.69) is 15.6 Å². The van der Waals surface area contributed by atoms with Crippen LogP contribution in [0.3, 0.4) is 0 Å². The van der Waals surface area contributed by atoms with E-state index in [-0.39, 0.29) is 18.9 Å². The number of hydrogen-bond acceptors (Lipinski definition) is 5. The first-order valence-corrected chi connectivity index (χ1v) is 13.6. The molecule has 3 atom stereocenters. The topological polar surface area (TPSA) is 141 Å². The predicted octanol–water partition coefficient (Wildman–Crippen LogP) is 3.61. The lowest BCUT2D eigenvalue weighted by Crippen LogP contribution is -2.56. The maximum atomic E-state index is 13.3. The van der Waals surface area contributed by atoms with Crippen molar-refractivity contribution in [3.8, 4) is 0 Å². The standard InChI is InChI=1S/C30H36N4O6/c1-19(2)15-24(27(35)33-25(29(37)38)16-21-17-31-23-12-7-6-11-22(21)23)32-28(36)26-13-8-14-34(26)30(39)40-18-20-9-4-3-5-10-20/h3-7,9-12,17,19,24-26,31H,8,13-16,18H2,1-2H3,(H,32,36)(H,33,35)(H,37,38)/t24-,25-,26-/m0/s1. The summed E-state index contributed by atoms with van der Waals surface area (Å²) in [5, 5.41) is 16.2. The molecule has 4 rings (SSSR count). The highest BCUT2D eigenvalue weighted by Crippen LogP contribution is 2.21. The van der Waals surface area contributed by atoms with Crippen LogP contribution in [-0.4, -0.2) is 63.5 Å². The quantitative estimate of drug-likeness (QED) is 0.289. The Bertz CT molecular complexity index is 1340. The van der Waals surface area contributed by atoms with E-state index in [0.29, 0.717) is 25.8 Å². The minimum Gasteiger partial charge on any atom is -0.480 e. The van der Waals surface area contributed by atoms with Gasteiger partial charge in [-0.05, 0) is 42.4 Å². The average molecular weight is 549 g/mol. The molecule has 10 heteroatoms. The van der Waals surface area contributed by atoms with Gasteiger partial charge in [-0.3, -0.25) is 14.5 Å². The van der Waals surface area contributed by atoms with Crippen LogP contribution in [0.25, 0.3) is 10.9 Å². The summed E-state index contributed by atoms with van der Waals surface area (Å²) in [4.78, 5) is 56.0. The van der Waals surface area contributed by atoms with Gasteiger partial charge in [0.1, 0.15) is 24.7 Å². The number of nitrogens with zero attached hydrogens (tertiary/aromatic N) is 1. The van der Waals surface area contributed by atoms with Crippen molar-refractivity contribution in [2.45, 2.75) is 64.3 Å². The zero-order valence-corrected chi connectivity index (χ0v) is 22.8. The number of carbonyl (C=O) groups excluding carboxylic acids is 3. The van der Waals surface area contributed by atoms with Crippen molar-refractivity contribution in [2.24, 2.45) is 5.92 Å². The number of benzene rings is 2. The van der Waals surface area contributed by atoms with E-state index < -0.39 is 42.0 Å². The molecular weight excluding hydrogens is 512 g/mol. The van der Waals surface area contributed by atoms with Crippen molar-refractivity contribution in [3.63, 3.8) is 0 Å². The van der Waals surface area contributed by atoms with Gasteiger partial charge in [-0.15, -0.1) is 0 Å². The summed E-state index contributed by atoms with van der Waals surface area (Å²) in [6.07, 6.45) is 2.62. The molecule has 1 aromatic heterocycles. The lowest BCUT2D eigenvalue weighted by molar-refractivity contribution is -0.142. The summed E-state index contributed by atoms with van der Waals surface area (Å²) in [7, 11) is 0. The van der Waals surface area contributed by atoms with E-state index in [0.717, 1.165) is 22.0 Å². The largest absolute Gasteiger partial charge is 0.480 e. The van der Waals surface area contributed by atoms with Crippen molar-refractivity contribution in [2.75, 3.05) is 6.54 Å². The molecule has 40 heavy (non-hydrogen) atoms. The number of carboxylic acids is 1. The number of aliphatic carboxylic acids is 1. The molecule has 1 aliphatic heterocycles. The van der Waals surface area contributed by atoms with E-state index in [1.165, 1.54) is 4.90 Å². The fraction of sp³-hybridized carbons (Fsp3) is 0.400. The molecule has 2 aromatic carbocycles. The lowest BCUT2D eigenvalue weighted by Gasteiger charge is -2.27. The molecule has 3 amide bonds. The van der Waals surface area contributed by atoms with Crippen LogP contribution in [0.4, 0.5) is 4.79 Å². The number of carbonyl (C=O) groups is 4. The molecule has 0 radical (unpaired) electrons. The molecule has 10 nitrogen and oxygen atoms in total. The van der Waals surface area contributed by atoms with Crippen molar-refractivity contribution < 1.29 is 29.0 Å². The molecule has 2 heterocycles. The third kappa shape index (κ3) is 7.19. The first-order valence-electron chi connectivity index (χ1n) is 13.6. The summed E-state index contributed by atoms with van der Waals surface area (Å²) in [6.45, 7) is 4.29. The zero-order chi connectivity index (χ0) is 28.6. The first-order chi connectivity index (χ1) is 19.2. The van der Waals surface area contributed by atoms with Gasteiger partial charge in [0.05, 0.1) is 0 Å². The second-order valence-corrected chi connectivity index (χ2v) is 10.5. The number of hydrogen-bond donors (Lipinski definition) is 4. The Hall–Kier alpha value is -4.34. The second kappa shape index (κ2) is 13.1. The highest BCUT2D eigenvalue weighted by atomic mass is 16.6. The van der Waals surface area contributed by atoms with Gasteiger partial charge in [-0.2, -0.15) is 0 Å². The number of nitrogens with one attached hydrogen (secondary N) is 3. The molecule has 0 saturated carbocycles. The molecule has 0 aliphatic carbocycles.